The largest absolute Gasteiger partial charge is 0.459 e. The second-order valence-corrected chi connectivity index (χ2v) is 7.31. The molecule has 0 saturated heterocycles. The molecule has 0 atom stereocenters. The summed E-state index contributed by atoms with van der Waals surface area (Å²) in [6, 6.07) is 5.77. The van der Waals surface area contributed by atoms with Crippen molar-refractivity contribution >= 4 is 17.7 Å². The summed E-state index contributed by atoms with van der Waals surface area (Å²) in [7, 11) is 0. The lowest BCUT2D eigenvalue weighted by atomic mass is 10.2. The van der Waals surface area contributed by atoms with Crippen molar-refractivity contribution in [1.82, 2.24) is 5.32 Å². The first-order valence-electron chi connectivity index (χ1n) is 7.20. The van der Waals surface area contributed by atoms with E-state index in [1.807, 2.05) is 26.8 Å². The second kappa shape index (κ2) is 6.79. The van der Waals surface area contributed by atoms with Crippen molar-refractivity contribution in [1.29, 1.82) is 0 Å². The van der Waals surface area contributed by atoms with Crippen LogP contribution in [0.15, 0.2) is 23.1 Å². The van der Waals surface area contributed by atoms with Crippen LogP contribution in [0.1, 0.15) is 39.2 Å². The van der Waals surface area contributed by atoms with Crippen LogP contribution in [0.3, 0.4) is 0 Å². The number of rotatable bonds is 6. The highest BCUT2D eigenvalue weighted by Gasteiger charge is 2.20. The molecule has 1 fully saturated rings. The van der Waals surface area contributed by atoms with Gasteiger partial charge in [0.05, 0.1) is 5.75 Å². The highest BCUT2D eigenvalue weighted by Crippen LogP contribution is 2.24. The van der Waals surface area contributed by atoms with Gasteiger partial charge in [-0.25, -0.2) is 4.39 Å². The Bertz CT molecular complexity index is 509. The fourth-order valence-corrected chi connectivity index (χ4v) is 2.52. The van der Waals surface area contributed by atoms with Crippen LogP contribution in [0.2, 0.25) is 0 Å². The molecular formula is C16H22FNO2S. The Balaban J connectivity index is 1.83. The Morgan fingerprint density at radius 3 is 2.71 bits per heavy atom. The number of ether oxygens (including phenoxy) is 1. The molecule has 116 valence electrons. The molecule has 1 saturated carbocycles. The molecule has 0 bridgehead atoms. The van der Waals surface area contributed by atoms with Crippen LogP contribution in [0, 0.1) is 5.82 Å². The monoisotopic (exact) mass is 311 g/mol. The average Bonchev–Trinajstić information content (AvgIpc) is 3.17. The van der Waals surface area contributed by atoms with Crippen molar-refractivity contribution in [2.45, 2.75) is 56.7 Å². The third-order valence-electron chi connectivity index (χ3n) is 2.93. The number of esters is 1. The molecule has 5 heteroatoms. The van der Waals surface area contributed by atoms with E-state index in [0.717, 1.165) is 5.56 Å². The van der Waals surface area contributed by atoms with Crippen LogP contribution in [0.25, 0.3) is 0 Å². The molecule has 0 heterocycles. The van der Waals surface area contributed by atoms with Crippen molar-refractivity contribution in [2.24, 2.45) is 0 Å². The van der Waals surface area contributed by atoms with E-state index >= 15 is 0 Å². The minimum Gasteiger partial charge on any atom is -0.459 e. The summed E-state index contributed by atoms with van der Waals surface area (Å²) in [6.45, 7) is 6.14. The number of carbonyl (C=O) groups is 1. The third-order valence-corrected chi connectivity index (χ3v) is 3.96. The molecule has 3 nitrogen and oxygen atoms in total. The van der Waals surface area contributed by atoms with E-state index in [1.54, 1.807) is 6.07 Å². The molecule has 1 aliphatic carbocycles. The van der Waals surface area contributed by atoms with E-state index in [-0.39, 0.29) is 17.5 Å². The van der Waals surface area contributed by atoms with Gasteiger partial charge in [-0.1, -0.05) is 6.07 Å². The maximum Gasteiger partial charge on any atom is 0.316 e. The first kappa shape index (κ1) is 16.3. The Labute approximate surface area is 129 Å². The Morgan fingerprint density at radius 1 is 1.43 bits per heavy atom. The summed E-state index contributed by atoms with van der Waals surface area (Å²) >= 11 is 1.17. The first-order chi connectivity index (χ1) is 9.83. The lowest BCUT2D eigenvalue weighted by Crippen LogP contribution is -2.24. The van der Waals surface area contributed by atoms with Gasteiger partial charge in [0.2, 0.25) is 0 Å². The van der Waals surface area contributed by atoms with Gasteiger partial charge in [0.1, 0.15) is 11.4 Å². The zero-order valence-corrected chi connectivity index (χ0v) is 13.6. The number of benzene rings is 1. The summed E-state index contributed by atoms with van der Waals surface area (Å²) in [5, 5.41) is 3.35. The number of nitrogens with one attached hydrogen (secondary N) is 1. The molecule has 1 N–H and O–H groups in total. The van der Waals surface area contributed by atoms with Gasteiger partial charge in [0.25, 0.3) is 0 Å². The lowest BCUT2D eigenvalue weighted by molar-refractivity contribution is -0.151. The van der Waals surface area contributed by atoms with Gasteiger partial charge in [0, 0.05) is 17.5 Å². The fraction of sp³-hybridized carbons (Fsp3) is 0.562. The number of hydrogen-bond acceptors (Lipinski definition) is 4. The van der Waals surface area contributed by atoms with E-state index in [2.05, 4.69) is 5.32 Å². The van der Waals surface area contributed by atoms with Gasteiger partial charge >= 0.3 is 5.97 Å². The molecule has 1 aliphatic rings. The van der Waals surface area contributed by atoms with Crippen LogP contribution in [-0.4, -0.2) is 23.4 Å². The predicted molar refractivity (Wildman–Crippen MR) is 82.8 cm³/mol. The fourth-order valence-electron chi connectivity index (χ4n) is 1.83. The van der Waals surface area contributed by atoms with Crippen LogP contribution >= 0.6 is 11.8 Å². The van der Waals surface area contributed by atoms with Gasteiger partial charge in [-0.15, -0.1) is 11.8 Å². The van der Waals surface area contributed by atoms with Crippen molar-refractivity contribution in [2.75, 3.05) is 5.75 Å². The van der Waals surface area contributed by atoms with Crippen molar-refractivity contribution in [3.63, 3.8) is 0 Å². The summed E-state index contributed by atoms with van der Waals surface area (Å²) in [4.78, 5) is 12.1. The third kappa shape index (κ3) is 6.06. The maximum atomic E-state index is 14.0. The van der Waals surface area contributed by atoms with Gasteiger partial charge in [0.15, 0.2) is 0 Å². The minimum atomic E-state index is -0.505. The highest BCUT2D eigenvalue weighted by molar-refractivity contribution is 8.00. The zero-order chi connectivity index (χ0) is 15.5. The standard InChI is InChI=1S/C16H22FNO2S/c1-16(2,3)20-15(19)10-21-14-7-4-11(8-13(14)17)9-18-12-5-6-12/h4,7-8,12,18H,5-6,9-10H2,1-3H3. The summed E-state index contributed by atoms with van der Waals surface area (Å²) in [5.74, 6) is -0.488. The molecule has 2 rings (SSSR count). The van der Waals surface area contributed by atoms with Crippen LogP contribution < -0.4 is 5.32 Å². The highest BCUT2D eigenvalue weighted by atomic mass is 32.2. The van der Waals surface area contributed by atoms with E-state index in [4.69, 9.17) is 4.74 Å². The first-order valence-corrected chi connectivity index (χ1v) is 8.18. The van der Waals surface area contributed by atoms with Crippen LogP contribution in [0.5, 0.6) is 0 Å². The Morgan fingerprint density at radius 2 is 2.14 bits per heavy atom. The van der Waals surface area contributed by atoms with E-state index in [9.17, 15) is 9.18 Å². The van der Waals surface area contributed by atoms with E-state index in [0.29, 0.717) is 17.5 Å². The Hall–Kier alpha value is -1.07. The number of thioether (sulfide) groups is 1. The zero-order valence-electron chi connectivity index (χ0n) is 12.7. The quantitative estimate of drug-likeness (QED) is 0.644. The molecule has 0 unspecified atom stereocenters. The molecule has 0 aliphatic heterocycles. The summed E-state index contributed by atoms with van der Waals surface area (Å²) in [5.41, 5.74) is 0.426. The summed E-state index contributed by atoms with van der Waals surface area (Å²) < 4.78 is 19.2. The molecule has 0 radical (unpaired) electrons. The molecule has 21 heavy (non-hydrogen) atoms. The molecule has 0 amide bonds. The summed E-state index contributed by atoms with van der Waals surface area (Å²) in [6.07, 6.45) is 2.43. The molecule has 0 aromatic heterocycles. The van der Waals surface area contributed by atoms with Gasteiger partial charge in [-0.2, -0.15) is 0 Å². The number of carbonyl (C=O) groups excluding carboxylic acids is 1. The SMILES string of the molecule is CC(C)(C)OC(=O)CSc1ccc(CNC2CC2)cc1F. The average molecular weight is 311 g/mol. The van der Waals surface area contributed by atoms with Gasteiger partial charge < -0.3 is 10.1 Å². The predicted octanol–water partition coefficient (Wildman–Crippen LogP) is 3.51. The normalized spacial score (nSPS) is 15.0. The molecule has 1 aromatic carbocycles. The number of hydrogen-bond donors (Lipinski definition) is 1. The minimum absolute atomic E-state index is 0.119. The topological polar surface area (TPSA) is 38.3 Å². The van der Waals surface area contributed by atoms with Crippen LogP contribution in [-0.2, 0) is 16.1 Å². The van der Waals surface area contributed by atoms with Crippen molar-refractivity contribution < 1.29 is 13.9 Å². The number of halogens is 1. The molecular weight excluding hydrogens is 289 g/mol. The molecule has 0 spiro atoms. The van der Waals surface area contributed by atoms with Gasteiger partial charge in [-0.3, -0.25) is 4.79 Å². The van der Waals surface area contributed by atoms with Crippen molar-refractivity contribution in [3.8, 4) is 0 Å². The Kier molecular flexibility index (Phi) is 5.27. The van der Waals surface area contributed by atoms with Crippen LogP contribution in [0.4, 0.5) is 4.39 Å². The molecule has 1 aromatic rings. The second-order valence-electron chi connectivity index (χ2n) is 6.30. The van der Waals surface area contributed by atoms with Crippen molar-refractivity contribution in [3.05, 3.63) is 29.6 Å². The van der Waals surface area contributed by atoms with Gasteiger partial charge in [-0.05, 0) is 51.3 Å². The maximum absolute atomic E-state index is 14.0. The van der Waals surface area contributed by atoms with E-state index in [1.165, 1.54) is 30.7 Å². The lowest BCUT2D eigenvalue weighted by Gasteiger charge is -2.19. The van der Waals surface area contributed by atoms with E-state index < -0.39 is 5.60 Å². The smallest absolute Gasteiger partial charge is 0.316 e.